The van der Waals surface area contributed by atoms with Gasteiger partial charge in [-0.3, -0.25) is 9.48 Å². The number of amides is 1. The monoisotopic (exact) mass is 343 g/mol. The molecule has 3 aliphatic rings. The van der Waals surface area contributed by atoms with E-state index in [0.717, 1.165) is 38.2 Å². The molecule has 1 aliphatic heterocycles. The van der Waals surface area contributed by atoms with Gasteiger partial charge in [0.05, 0.1) is 12.6 Å². The topological polar surface area (TPSA) is 58.4 Å². The van der Waals surface area contributed by atoms with Gasteiger partial charge >= 0.3 is 6.18 Å². The minimum absolute atomic E-state index is 0.0249. The van der Waals surface area contributed by atoms with Crippen LogP contribution in [0.15, 0.2) is 6.07 Å². The van der Waals surface area contributed by atoms with Crippen LogP contribution >= 0.6 is 0 Å². The van der Waals surface area contributed by atoms with Crippen molar-refractivity contribution in [3.05, 3.63) is 17.5 Å². The molecule has 1 saturated heterocycles. The Balaban J connectivity index is 1.66. The standard InChI is InChI=1S/C16H20F3N3O2/c17-16(18,19)12-8-11(22(20-12)10-3-4-10)14(24)21-7-6-15(9-23)5-1-2-13(15)21/h8,10,13,23H,1-7,9H2/t13-,15-/m1/s1. The third-order valence-electron chi connectivity index (χ3n) is 5.80. The first-order valence-electron chi connectivity index (χ1n) is 8.44. The van der Waals surface area contributed by atoms with Crippen molar-refractivity contribution in [3.63, 3.8) is 0 Å². The van der Waals surface area contributed by atoms with Crippen LogP contribution in [0.4, 0.5) is 13.2 Å². The van der Waals surface area contributed by atoms with Crippen LogP contribution in [-0.2, 0) is 6.18 Å². The van der Waals surface area contributed by atoms with E-state index < -0.39 is 11.9 Å². The average molecular weight is 343 g/mol. The van der Waals surface area contributed by atoms with Gasteiger partial charge in [0.1, 0.15) is 5.69 Å². The summed E-state index contributed by atoms with van der Waals surface area (Å²) in [5, 5.41) is 13.4. The number of halogens is 3. The predicted molar refractivity (Wildman–Crippen MR) is 78.3 cm³/mol. The van der Waals surface area contributed by atoms with Crippen LogP contribution in [0.3, 0.4) is 0 Å². The molecular formula is C16H20F3N3O2. The van der Waals surface area contributed by atoms with Gasteiger partial charge in [-0.2, -0.15) is 18.3 Å². The molecule has 8 heteroatoms. The van der Waals surface area contributed by atoms with Crippen LogP contribution in [0.1, 0.15) is 60.7 Å². The molecule has 4 rings (SSSR count). The zero-order chi connectivity index (χ0) is 17.1. The highest BCUT2D eigenvalue weighted by Crippen LogP contribution is 2.49. The molecule has 1 amide bonds. The Kier molecular flexibility index (Phi) is 3.46. The molecule has 1 N–H and O–H groups in total. The summed E-state index contributed by atoms with van der Waals surface area (Å²) in [5.41, 5.74) is -1.24. The van der Waals surface area contributed by atoms with Gasteiger partial charge in [-0.15, -0.1) is 0 Å². The van der Waals surface area contributed by atoms with E-state index >= 15 is 0 Å². The molecular weight excluding hydrogens is 323 g/mol. The Hall–Kier alpha value is -1.57. The quantitative estimate of drug-likeness (QED) is 0.918. The van der Waals surface area contributed by atoms with Gasteiger partial charge in [-0.25, -0.2) is 0 Å². The van der Waals surface area contributed by atoms with Crippen molar-refractivity contribution in [1.29, 1.82) is 0 Å². The van der Waals surface area contributed by atoms with Crippen LogP contribution in [-0.4, -0.2) is 44.9 Å². The Morgan fingerprint density at radius 3 is 2.71 bits per heavy atom. The lowest BCUT2D eigenvalue weighted by atomic mass is 9.83. The number of nitrogens with zero attached hydrogens (tertiary/aromatic N) is 3. The van der Waals surface area contributed by atoms with Crippen LogP contribution in [0.5, 0.6) is 0 Å². The predicted octanol–water partition coefficient (Wildman–Crippen LogP) is 2.61. The first-order chi connectivity index (χ1) is 11.4. The van der Waals surface area contributed by atoms with Crippen molar-refractivity contribution >= 4 is 5.91 Å². The normalized spacial score (nSPS) is 30.0. The summed E-state index contributed by atoms with van der Waals surface area (Å²) in [4.78, 5) is 14.6. The maximum absolute atomic E-state index is 13.0. The Morgan fingerprint density at radius 1 is 1.33 bits per heavy atom. The maximum Gasteiger partial charge on any atom is 0.435 e. The molecule has 132 valence electrons. The summed E-state index contributed by atoms with van der Waals surface area (Å²) in [5.74, 6) is -0.382. The first kappa shape index (κ1) is 15.9. The second-order valence-electron chi connectivity index (χ2n) is 7.27. The number of aliphatic hydroxyl groups is 1. The summed E-state index contributed by atoms with van der Waals surface area (Å²) in [7, 11) is 0. The molecule has 1 aromatic rings. The van der Waals surface area contributed by atoms with Crippen molar-refractivity contribution in [2.24, 2.45) is 5.41 Å². The smallest absolute Gasteiger partial charge is 0.396 e. The Morgan fingerprint density at radius 2 is 2.08 bits per heavy atom. The van der Waals surface area contributed by atoms with E-state index in [1.165, 1.54) is 4.68 Å². The Labute approximate surface area is 137 Å². The van der Waals surface area contributed by atoms with Gasteiger partial charge in [0.2, 0.25) is 0 Å². The molecule has 2 aliphatic carbocycles. The second-order valence-corrected chi connectivity index (χ2v) is 7.27. The van der Waals surface area contributed by atoms with E-state index in [1.807, 2.05) is 0 Å². The highest BCUT2D eigenvalue weighted by Gasteiger charge is 2.52. The molecule has 3 fully saturated rings. The van der Waals surface area contributed by atoms with Crippen molar-refractivity contribution in [1.82, 2.24) is 14.7 Å². The van der Waals surface area contributed by atoms with Gasteiger partial charge in [0.15, 0.2) is 5.69 Å². The van der Waals surface area contributed by atoms with E-state index in [9.17, 15) is 23.1 Å². The van der Waals surface area contributed by atoms with Crippen LogP contribution < -0.4 is 0 Å². The number of alkyl halides is 3. The Bertz CT molecular complexity index is 668. The zero-order valence-corrected chi connectivity index (χ0v) is 13.2. The number of rotatable bonds is 3. The summed E-state index contributed by atoms with van der Waals surface area (Å²) in [6.45, 7) is 0.512. The maximum atomic E-state index is 13.0. The minimum atomic E-state index is -4.55. The summed E-state index contributed by atoms with van der Waals surface area (Å²) < 4.78 is 40.3. The van der Waals surface area contributed by atoms with Crippen molar-refractivity contribution < 1.29 is 23.1 Å². The highest BCUT2D eigenvalue weighted by molar-refractivity contribution is 5.93. The van der Waals surface area contributed by atoms with Crippen LogP contribution in [0, 0.1) is 5.41 Å². The molecule has 5 nitrogen and oxygen atoms in total. The fourth-order valence-electron chi connectivity index (χ4n) is 4.34. The summed E-state index contributed by atoms with van der Waals surface area (Å²) >= 11 is 0. The second kappa shape index (κ2) is 5.21. The number of aliphatic hydroxyl groups excluding tert-OH is 1. The SMILES string of the molecule is O=C(c1cc(C(F)(F)F)nn1C1CC1)N1CC[C@@]2(CO)CCC[C@@H]12. The lowest BCUT2D eigenvalue weighted by molar-refractivity contribution is -0.141. The van der Waals surface area contributed by atoms with Crippen LogP contribution in [0.2, 0.25) is 0 Å². The van der Waals surface area contributed by atoms with Gasteiger partial charge in [0.25, 0.3) is 5.91 Å². The molecule has 2 saturated carbocycles. The minimum Gasteiger partial charge on any atom is -0.396 e. The molecule has 0 aromatic carbocycles. The van der Waals surface area contributed by atoms with Gasteiger partial charge < -0.3 is 10.0 Å². The van der Waals surface area contributed by atoms with Crippen LogP contribution in [0.25, 0.3) is 0 Å². The average Bonchev–Trinajstić information content (AvgIpc) is 2.99. The molecule has 1 aromatic heterocycles. The number of aromatic nitrogens is 2. The van der Waals surface area contributed by atoms with E-state index in [2.05, 4.69) is 5.10 Å². The lowest BCUT2D eigenvalue weighted by Crippen LogP contribution is -2.41. The molecule has 0 radical (unpaired) electrons. The van der Waals surface area contributed by atoms with Gasteiger partial charge in [-0.1, -0.05) is 6.42 Å². The van der Waals surface area contributed by atoms with Gasteiger partial charge in [-0.05, 0) is 32.1 Å². The molecule has 0 unspecified atom stereocenters. The van der Waals surface area contributed by atoms with E-state index in [0.29, 0.717) is 13.0 Å². The summed E-state index contributed by atoms with van der Waals surface area (Å²) in [6.07, 6.45) is 0.271. The number of carbonyl (C=O) groups is 1. The number of hydrogen-bond donors (Lipinski definition) is 1. The molecule has 0 bridgehead atoms. The largest absolute Gasteiger partial charge is 0.435 e. The highest BCUT2D eigenvalue weighted by atomic mass is 19.4. The number of hydrogen-bond acceptors (Lipinski definition) is 3. The van der Waals surface area contributed by atoms with Gasteiger partial charge in [0, 0.05) is 24.1 Å². The number of carbonyl (C=O) groups excluding carboxylic acids is 1. The molecule has 2 heterocycles. The number of fused-ring (bicyclic) bond motifs is 1. The molecule has 24 heavy (non-hydrogen) atoms. The molecule has 2 atom stereocenters. The fourth-order valence-corrected chi connectivity index (χ4v) is 4.34. The van der Waals surface area contributed by atoms with E-state index in [-0.39, 0.29) is 35.7 Å². The van der Waals surface area contributed by atoms with E-state index in [1.54, 1.807) is 4.90 Å². The van der Waals surface area contributed by atoms with Crippen molar-refractivity contribution in [2.45, 2.75) is 56.8 Å². The summed E-state index contributed by atoms with van der Waals surface area (Å²) in [6, 6.07) is 0.704. The van der Waals surface area contributed by atoms with E-state index in [4.69, 9.17) is 0 Å². The van der Waals surface area contributed by atoms with Crippen molar-refractivity contribution in [3.8, 4) is 0 Å². The van der Waals surface area contributed by atoms with Crippen molar-refractivity contribution in [2.75, 3.05) is 13.2 Å². The first-order valence-corrected chi connectivity index (χ1v) is 8.44. The zero-order valence-electron chi connectivity index (χ0n) is 13.2. The number of likely N-dealkylation sites (tertiary alicyclic amines) is 1. The fraction of sp³-hybridized carbons (Fsp3) is 0.750. The lowest BCUT2D eigenvalue weighted by Gasteiger charge is -2.30. The molecule has 0 spiro atoms. The third-order valence-corrected chi connectivity index (χ3v) is 5.80. The third kappa shape index (κ3) is 2.34.